The summed E-state index contributed by atoms with van der Waals surface area (Å²) in [6.07, 6.45) is 10.8. The number of hydrogen-bond acceptors (Lipinski definition) is 7. The Morgan fingerprint density at radius 3 is 2.52 bits per heavy atom. The number of nitrogens with one attached hydrogen (secondary N) is 2. The molecule has 2 fully saturated rings. The first kappa shape index (κ1) is 29.7. The Morgan fingerprint density at radius 1 is 1.10 bits per heavy atom. The lowest BCUT2D eigenvalue weighted by atomic mass is 9.80. The minimum Gasteiger partial charge on any atom is -0.466 e. The summed E-state index contributed by atoms with van der Waals surface area (Å²) in [6.45, 7) is 3.72. The Labute approximate surface area is 246 Å². The normalized spacial score (nSPS) is 19.3. The highest BCUT2D eigenvalue weighted by Gasteiger charge is 2.28. The number of esters is 1. The number of nitrogens with zero attached hydrogens (tertiary/aromatic N) is 3. The standard InChI is InChI=1S/C30H37N5O6S/c1-2-41-27(36)13-14-31-30(38)35-17-15-34(16-18-35)29(37)22-9-11-25(12-10-22)33-42(39,40)26-8-4-7-23-19-24(20-32-28(23)26)21-5-3-6-21/h4,7-11,19-21,25,33H,2-3,5-6,12-18H2,1H3,(H,31,38). The molecule has 5 rings (SSSR count). The molecule has 1 atom stereocenters. The first-order valence-corrected chi connectivity index (χ1v) is 16.0. The molecule has 11 nitrogen and oxygen atoms in total. The van der Waals surface area contributed by atoms with Gasteiger partial charge in [0.2, 0.25) is 10.0 Å². The number of sulfonamides is 1. The number of amides is 3. The zero-order chi connectivity index (χ0) is 29.7. The van der Waals surface area contributed by atoms with E-state index in [0.29, 0.717) is 56.2 Å². The van der Waals surface area contributed by atoms with Gasteiger partial charge in [0.15, 0.2) is 0 Å². The van der Waals surface area contributed by atoms with Gasteiger partial charge in [0.25, 0.3) is 5.91 Å². The molecule has 12 heteroatoms. The van der Waals surface area contributed by atoms with Gasteiger partial charge in [0.1, 0.15) is 4.90 Å². The van der Waals surface area contributed by atoms with E-state index < -0.39 is 16.1 Å². The zero-order valence-electron chi connectivity index (χ0n) is 23.8. The fourth-order valence-electron chi connectivity index (χ4n) is 5.37. The first-order chi connectivity index (χ1) is 20.2. The molecule has 0 bridgehead atoms. The lowest BCUT2D eigenvalue weighted by Gasteiger charge is -2.35. The van der Waals surface area contributed by atoms with Crippen LogP contribution >= 0.6 is 0 Å². The van der Waals surface area contributed by atoms with Crippen molar-refractivity contribution in [1.82, 2.24) is 24.8 Å². The average Bonchev–Trinajstić information content (AvgIpc) is 2.96. The van der Waals surface area contributed by atoms with Crippen LogP contribution in [0.3, 0.4) is 0 Å². The van der Waals surface area contributed by atoms with E-state index >= 15 is 0 Å². The minimum absolute atomic E-state index is 0.107. The number of pyridine rings is 1. The number of benzene rings is 1. The molecule has 2 aliphatic carbocycles. The number of aromatic nitrogens is 1. The Kier molecular flexibility index (Phi) is 9.22. The fourth-order valence-corrected chi connectivity index (χ4v) is 6.76. The van der Waals surface area contributed by atoms with Crippen LogP contribution in [0.25, 0.3) is 10.9 Å². The Hall–Kier alpha value is -3.77. The first-order valence-electron chi connectivity index (χ1n) is 14.5. The summed E-state index contributed by atoms with van der Waals surface area (Å²) in [5, 5.41) is 3.51. The van der Waals surface area contributed by atoms with Gasteiger partial charge in [0, 0.05) is 55.9 Å². The molecule has 1 aliphatic heterocycles. The molecular weight excluding hydrogens is 558 g/mol. The molecule has 2 aromatic rings. The number of carbonyl (C=O) groups excluding carboxylic acids is 3. The topological polar surface area (TPSA) is 138 Å². The number of carbonyl (C=O) groups is 3. The number of fused-ring (bicyclic) bond motifs is 1. The van der Waals surface area contributed by atoms with Gasteiger partial charge < -0.3 is 19.9 Å². The van der Waals surface area contributed by atoms with E-state index in [2.05, 4.69) is 15.0 Å². The molecular formula is C30H37N5O6S. The smallest absolute Gasteiger partial charge is 0.317 e. The Balaban J connectivity index is 1.12. The van der Waals surface area contributed by atoms with Crippen molar-refractivity contribution in [1.29, 1.82) is 0 Å². The molecule has 0 radical (unpaired) electrons. The summed E-state index contributed by atoms with van der Waals surface area (Å²) in [5.41, 5.74) is 2.10. The largest absolute Gasteiger partial charge is 0.466 e. The molecule has 42 heavy (non-hydrogen) atoms. The Bertz CT molecular complexity index is 1510. The van der Waals surface area contributed by atoms with E-state index in [1.54, 1.807) is 53.3 Å². The number of piperazine rings is 1. The highest BCUT2D eigenvalue weighted by molar-refractivity contribution is 7.89. The summed E-state index contributed by atoms with van der Waals surface area (Å²) in [4.78, 5) is 44.9. The van der Waals surface area contributed by atoms with Crippen LogP contribution in [0.15, 0.2) is 59.2 Å². The number of hydrogen-bond donors (Lipinski definition) is 2. The van der Waals surface area contributed by atoms with Gasteiger partial charge in [0.05, 0.1) is 18.5 Å². The molecule has 1 aromatic heterocycles. The number of para-hydroxylation sites is 1. The Morgan fingerprint density at radius 2 is 1.86 bits per heavy atom. The number of urea groups is 1. The van der Waals surface area contributed by atoms with Crippen molar-refractivity contribution < 1.29 is 27.5 Å². The molecule has 1 aromatic carbocycles. The molecule has 224 valence electrons. The maximum atomic E-state index is 13.3. The number of rotatable bonds is 9. The lowest BCUT2D eigenvalue weighted by molar-refractivity contribution is -0.143. The van der Waals surface area contributed by atoms with Crippen LogP contribution in [0.4, 0.5) is 4.79 Å². The molecule has 3 aliphatic rings. The summed E-state index contributed by atoms with van der Waals surface area (Å²) in [5.74, 6) is -0.00977. The minimum atomic E-state index is -3.86. The summed E-state index contributed by atoms with van der Waals surface area (Å²) < 4.78 is 34.3. The van der Waals surface area contributed by atoms with E-state index in [9.17, 15) is 22.8 Å². The third kappa shape index (κ3) is 6.81. The van der Waals surface area contributed by atoms with Crippen LogP contribution in [0, 0.1) is 0 Å². The SMILES string of the molecule is CCOC(=O)CCNC(=O)N1CCN(C(=O)C2=CCC(NS(=O)(=O)c3cccc4cc(C5CCC5)cnc34)C=C2)CC1. The molecule has 2 N–H and O–H groups in total. The second kappa shape index (κ2) is 13.0. The molecule has 1 saturated heterocycles. The highest BCUT2D eigenvalue weighted by atomic mass is 32.2. The van der Waals surface area contributed by atoms with E-state index in [4.69, 9.17) is 4.74 Å². The van der Waals surface area contributed by atoms with Gasteiger partial charge in [-0.3, -0.25) is 14.6 Å². The van der Waals surface area contributed by atoms with Crippen LogP contribution in [0.5, 0.6) is 0 Å². The second-order valence-electron chi connectivity index (χ2n) is 10.8. The van der Waals surface area contributed by atoms with E-state index in [0.717, 1.165) is 23.8 Å². The van der Waals surface area contributed by atoms with Crippen LogP contribution in [-0.2, 0) is 24.3 Å². The van der Waals surface area contributed by atoms with Crippen LogP contribution in [0.2, 0.25) is 0 Å². The molecule has 3 amide bonds. The van der Waals surface area contributed by atoms with Crippen molar-refractivity contribution in [2.24, 2.45) is 0 Å². The van der Waals surface area contributed by atoms with Crippen LogP contribution < -0.4 is 10.0 Å². The summed E-state index contributed by atoms with van der Waals surface area (Å²) in [7, 11) is -3.86. The summed E-state index contributed by atoms with van der Waals surface area (Å²) >= 11 is 0. The predicted molar refractivity (Wildman–Crippen MR) is 157 cm³/mol. The van der Waals surface area contributed by atoms with Crippen molar-refractivity contribution in [2.45, 2.75) is 55.9 Å². The number of ether oxygens (including phenoxy) is 1. The van der Waals surface area contributed by atoms with E-state index in [1.807, 2.05) is 12.1 Å². The molecule has 1 saturated carbocycles. The van der Waals surface area contributed by atoms with Gasteiger partial charge in [-0.1, -0.05) is 36.8 Å². The van der Waals surface area contributed by atoms with Crippen molar-refractivity contribution in [3.8, 4) is 0 Å². The van der Waals surface area contributed by atoms with E-state index in [1.165, 1.54) is 6.42 Å². The maximum Gasteiger partial charge on any atom is 0.317 e. The van der Waals surface area contributed by atoms with E-state index in [-0.39, 0.29) is 35.8 Å². The molecule has 2 heterocycles. The lowest BCUT2D eigenvalue weighted by Crippen LogP contribution is -2.53. The zero-order valence-corrected chi connectivity index (χ0v) is 24.6. The van der Waals surface area contributed by atoms with Gasteiger partial charge >= 0.3 is 12.0 Å². The quantitative estimate of drug-likeness (QED) is 0.425. The van der Waals surface area contributed by atoms with Crippen LogP contribution in [-0.4, -0.2) is 86.5 Å². The van der Waals surface area contributed by atoms with Gasteiger partial charge in [-0.2, -0.15) is 0 Å². The van der Waals surface area contributed by atoms with Crippen molar-refractivity contribution in [2.75, 3.05) is 39.3 Å². The maximum absolute atomic E-state index is 13.3. The predicted octanol–water partition coefficient (Wildman–Crippen LogP) is 2.84. The van der Waals surface area contributed by atoms with Crippen LogP contribution in [0.1, 0.15) is 50.5 Å². The fraction of sp³-hybridized carbons (Fsp3) is 0.467. The average molecular weight is 596 g/mol. The van der Waals surface area contributed by atoms with Gasteiger partial charge in [-0.15, -0.1) is 0 Å². The molecule has 0 spiro atoms. The van der Waals surface area contributed by atoms with Crippen molar-refractivity contribution in [3.63, 3.8) is 0 Å². The van der Waals surface area contributed by atoms with Gasteiger partial charge in [-0.05, 0) is 49.8 Å². The third-order valence-corrected chi connectivity index (χ3v) is 9.50. The monoisotopic (exact) mass is 595 g/mol. The van der Waals surface area contributed by atoms with Crippen molar-refractivity contribution in [3.05, 3.63) is 59.8 Å². The second-order valence-corrected chi connectivity index (χ2v) is 12.5. The molecule has 1 unspecified atom stereocenters. The highest BCUT2D eigenvalue weighted by Crippen LogP contribution is 2.37. The van der Waals surface area contributed by atoms with Crippen molar-refractivity contribution >= 4 is 38.8 Å². The third-order valence-electron chi connectivity index (χ3n) is 7.98. The van der Waals surface area contributed by atoms with Gasteiger partial charge in [-0.25, -0.2) is 17.9 Å². The summed E-state index contributed by atoms with van der Waals surface area (Å²) in [6, 6.07) is 6.47.